The lowest BCUT2D eigenvalue weighted by Crippen LogP contribution is -2.09. The van der Waals surface area contributed by atoms with Crippen LogP contribution in [0.15, 0.2) is 49.1 Å². The molecular weight excluding hydrogens is 458 g/mol. The van der Waals surface area contributed by atoms with Crippen LogP contribution in [-0.4, -0.2) is 51.1 Å². The molecule has 36 heavy (non-hydrogen) atoms. The number of nitrogen functional groups attached to an aromatic ring is 1. The van der Waals surface area contributed by atoms with Crippen LogP contribution in [0.1, 0.15) is 45.5 Å². The number of nitrogens with one attached hydrogen (secondary N) is 1. The van der Waals surface area contributed by atoms with Gasteiger partial charge in [-0.3, -0.25) is 0 Å². The van der Waals surface area contributed by atoms with E-state index in [2.05, 4.69) is 21.8 Å². The first-order chi connectivity index (χ1) is 17.4. The Kier molecular flexibility index (Phi) is 13.1. The summed E-state index contributed by atoms with van der Waals surface area (Å²) in [6, 6.07) is 7.51. The van der Waals surface area contributed by atoms with E-state index in [-0.39, 0.29) is 5.95 Å². The molecule has 1 aromatic carbocycles. The highest BCUT2D eigenvalue weighted by Gasteiger charge is 2.16. The summed E-state index contributed by atoms with van der Waals surface area (Å²) in [7, 11) is 5.02. The van der Waals surface area contributed by atoms with Gasteiger partial charge in [-0.25, -0.2) is 4.68 Å². The number of nitrogens with zero attached hydrogens (tertiary/aromatic N) is 5. The molecule has 0 radical (unpaired) electrons. The Bertz CT molecular complexity index is 1130. The summed E-state index contributed by atoms with van der Waals surface area (Å²) in [5.74, 6) is 3.44. The summed E-state index contributed by atoms with van der Waals surface area (Å²) >= 11 is 0. The van der Waals surface area contributed by atoms with Crippen molar-refractivity contribution in [1.29, 1.82) is 5.41 Å². The van der Waals surface area contributed by atoms with E-state index in [0.29, 0.717) is 47.8 Å². The summed E-state index contributed by atoms with van der Waals surface area (Å²) in [4.78, 5) is 4.35. The minimum atomic E-state index is 0.194. The maximum absolute atomic E-state index is 7.11. The van der Waals surface area contributed by atoms with Gasteiger partial charge in [0.2, 0.25) is 11.8 Å². The van der Waals surface area contributed by atoms with Gasteiger partial charge in [-0.15, -0.1) is 10.2 Å². The molecule has 0 aliphatic heterocycles. The van der Waals surface area contributed by atoms with Crippen LogP contribution in [0.2, 0.25) is 0 Å². The number of allylic oxidation sites excluding steroid dienone is 3. The number of nitrogens with two attached hydrogens (primary N) is 1. The lowest BCUT2D eigenvalue weighted by Gasteiger charge is -2.10. The third-order valence-electron chi connectivity index (χ3n) is 4.66. The highest BCUT2D eigenvalue weighted by atomic mass is 16.5. The molecule has 3 rings (SSSR count). The maximum atomic E-state index is 7.11. The molecule has 3 N–H and O–H groups in total. The average molecular weight is 498 g/mol. The van der Waals surface area contributed by atoms with Crippen LogP contribution < -0.4 is 19.9 Å². The second-order valence-corrected chi connectivity index (χ2v) is 7.04. The predicted octanol–water partition coefficient (Wildman–Crippen LogP) is 4.77. The van der Waals surface area contributed by atoms with Crippen LogP contribution in [0, 0.1) is 5.41 Å². The first-order valence-corrected chi connectivity index (χ1v) is 11.8. The van der Waals surface area contributed by atoms with Crippen molar-refractivity contribution in [2.24, 2.45) is 7.05 Å². The smallest absolute Gasteiger partial charge is 0.240 e. The Morgan fingerprint density at radius 3 is 2.39 bits per heavy atom. The number of ether oxygens (including phenoxy) is 3. The first kappa shape index (κ1) is 30.0. The normalized spacial score (nSPS) is 10.1. The number of aryl methyl sites for hydroxylation is 1. The zero-order chi connectivity index (χ0) is 27.1. The quantitative estimate of drug-likeness (QED) is 0.305. The second-order valence-electron chi connectivity index (χ2n) is 7.04. The van der Waals surface area contributed by atoms with Crippen molar-refractivity contribution in [3.05, 3.63) is 60.5 Å². The molecule has 0 unspecified atom stereocenters. The molecule has 0 saturated carbocycles. The van der Waals surface area contributed by atoms with Crippen molar-refractivity contribution in [3.8, 4) is 23.2 Å². The second kappa shape index (κ2) is 15.8. The molecule has 0 saturated heterocycles. The first-order valence-electron chi connectivity index (χ1n) is 11.8. The molecule has 3 aromatic rings. The van der Waals surface area contributed by atoms with E-state index in [1.807, 2.05) is 52.9 Å². The minimum absolute atomic E-state index is 0.194. The minimum Gasteiger partial charge on any atom is -0.493 e. The van der Waals surface area contributed by atoms with Gasteiger partial charge in [0.25, 0.3) is 0 Å². The van der Waals surface area contributed by atoms with Gasteiger partial charge in [0.05, 0.1) is 20.8 Å². The molecule has 0 spiro atoms. The van der Waals surface area contributed by atoms with Crippen molar-refractivity contribution in [3.63, 3.8) is 0 Å². The number of hydrogen-bond donors (Lipinski definition) is 2. The van der Waals surface area contributed by atoms with Crippen LogP contribution in [0.3, 0.4) is 0 Å². The van der Waals surface area contributed by atoms with Gasteiger partial charge in [0.15, 0.2) is 17.3 Å². The van der Waals surface area contributed by atoms with Crippen LogP contribution in [-0.2, 0) is 13.5 Å². The summed E-state index contributed by atoms with van der Waals surface area (Å²) in [6.07, 6.45) is 6.49. The average Bonchev–Trinajstić information content (AvgIpc) is 3.44. The summed E-state index contributed by atoms with van der Waals surface area (Å²) in [5.41, 5.74) is 7.47. The van der Waals surface area contributed by atoms with Gasteiger partial charge in [-0.1, -0.05) is 45.6 Å². The van der Waals surface area contributed by atoms with Crippen LogP contribution in [0.5, 0.6) is 17.4 Å². The van der Waals surface area contributed by atoms with Gasteiger partial charge in [0.1, 0.15) is 5.82 Å². The number of benzene rings is 1. The highest BCUT2D eigenvalue weighted by Crippen LogP contribution is 2.28. The number of aromatic nitrogens is 5. The van der Waals surface area contributed by atoms with Crippen molar-refractivity contribution in [1.82, 2.24) is 24.5 Å². The lowest BCUT2D eigenvalue weighted by molar-refractivity contribution is 0.323. The molecule has 10 heteroatoms. The Morgan fingerprint density at radius 1 is 1.11 bits per heavy atom. The fraction of sp³-hybridized carbons (Fsp3) is 0.385. The van der Waals surface area contributed by atoms with E-state index in [1.165, 1.54) is 0 Å². The molecular formula is C26H39N7O3. The molecule has 0 amide bonds. The van der Waals surface area contributed by atoms with Crippen molar-refractivity contribution < 1.29 is 14.2 Å². The summed E-state index contributed by atoms with van der Waals surface area (Å²) in [5, 5.41) is 15.7. The largest absolute Gasteiger partial charge is 0.493 e. The molecule has 0 fully saturated rings. The third kappa shape index (κ3) is 8.61. The molecule has 2 heterocycles. The fourth-order valence-electron chi connectivity index (χ4n) is 2.98. The Balaban J connectivity index is 0.000000554. The maximum Gasteiger partial charge on any atom is 0.240 e. The molecule has 0 aliphatic carbocycles. The highest BCUT2D eigenvalue weighted by molar-refractivity contribution is 5.92. The SMILES string of the molecule is C=C/C=C\C(=N)CC.CC.CCOc1cc(-n2nc(N)nc2Cc2ccc(OC)c(OC)c2)n(C)n1. The monoisotopic (exact) mass is 497 g/mol. The van der Waals surface area contributed by atoms with E-state index in [9.17, 15) is 0 Å². The predicted molar refractivity (Wildman–Crippen MR) is 145 cm³/mol. The zero-order valence-corrected chi connectivity index (χ0v) is 22.4. The van der Waals surface area contributed by atoms with Crippen molar-refractivity contribution >= 4 is 11.7 Å². The Hall–Kier alpha value is -4.08. The summed E-state index contributed by atoms with van der Waals surface area (Å²) in [6.45, 7) is 11.9. The van der Waals surface area contributed by atoms with E-state index < -0.39 is 0 Å². The van der Waals surface area contributed by atoms with E-state index in [0.717, 1.165) is 12.0 Å². The van der Waals surface area contributed by atoms with Gasteiger partial charge < -0.3 is 25.4 Å². The Labute approximate surface area is 213 Å². The van der Waals surface area contributed by atoms with E-state index in [4.69, 9.17) is 25.4 Å². The molecule has 196 valence electrons. The Morgan fingerprint density at radius 2 is 1.81 bits per heavy atom. The van der Waals surface area contributed by atoms with Crippen molar-refractivity contribution in [2.45, 2.75) is 40.5 Å². The molecule has 0 aliphatic rings. The van der Waals surface area contributed by atoms with E-state index >= 15 is 0 Å². The topological polar surface area (TPSA) is 126 Å². The van der Waals surface area contributed by atoms with Crippen LogP contribution in [0.4, 0.5) is 5.95 Å². The fourth-order valence-corrected chi connectivity index (χ4v) is 2.98. The third-order valence-corrected chi connectivity index (χ3v) is 4.66. The lowest BCUT2D eigenvalue weighted by atomic mass is 10.1. The molecule has 0 bridgehead atoms. The van der Waals surface area contributed by atoms with Gasteiger partial charge in [0, 0.05) is 25.2 Å². The number of anilines is 1. The number of methoxy groups -OCH3 is 2. The molecule has 10 nitrogen and oxygen atoms in total. The molecule has 0 atom stereocenters. The molecule has 2 aromatic heterocycles. The van der Waals surface area contributed by atoms with Gasteiger partial charge >= 0.3 is 0 Å². The van der Waals surface area contributed by atoms with Crippen molar-refractivity contribution in [2.75, 3.05) is 26.6 Å². The zero-order valence-electron chi connectivity index (χ0n) is 22.4. The van der Waals surface area contributed by atoms with Gasteiger partial charge in [-0.2, -0.15) is 9.67 Å². The summed E-state index contributed by atoms with van der Waals surface area (Å²) < 4.78 is 19.4. The van der Waals surface area contributed by atoms with Crippen LogP contribution in [0.25, 0.3) is 5.82 Å². The number of rotatable bonds is 10. The number of hydrogen-bond acceptors (Lipinski definition) is 8. The standard InChI is InChI=1S/C17H22N6O3.C7H11N.C2H6/c1-5-26-15-10-16(22(2)20-15)23-14(19-17(18)21-23)9-11-6-7-12(24-3)13(8-11)25-4;1-3-5-6-7(8)4-2;1-2/h6-8,10H,5,9H2,1-4H3,(H2,18,21);3,5-6,8H,1,4H2,2H3;1-2H3/b;6-5-,8-7?;. The van der Waals surface area contributed by atoms with Gasteiger partial charge in [-0.05, 0) is 37.1 Å². The van der Waals surface area contributed by atoms with E-state index in [1.54, 1.807) is 47.9 Å². The van der Waals surface area contributed by atoms with Crippen LogP contribution >= 0.6 is 0 Å².